The minimum absolute atomic E-state index is 0.0624. The van der Waals surface area contributed by atoms with Crippen molar-refractivity contribution in [1.82, 2.24) is 5.32 Å². The fraction of sp³-hybridized carbons (Fsp3) is 0.625. The number of hydrogen-bond donors (Lipinski definition) is 1. The predicted octanol–water partition coefficient (Wildman–Crippen LogP) is 4.92. The fourth-order valence-electron chi connectivity index (χ4n) is 2.69. The van der Waals surface area contributed by atoms with Crippen LogP contribution in [-0.4, -0.2) is 11.8 Å². The number of benzene rings is 1. The molecule has 0 amide bonds. The van der Waals surface area contributed by atoms with Gasteiger partial charge in [0.05, 0.1) is 0 Å². The minimum atomic E-state index is -0.0624. The van der Waals surface area contributed by atoms with Gasteiger partial charge in [0, 0.05) is 17.0 Å². The summed E-state index contributed by atoms with van der Waals surface area (Å²) >= 11 is 1.65. The number of hydrogen-bond acceptors (Lipinski definition) is 2. The molecule has 0 saturated heterocycles. The van der Waals surface area contributed by atoms with E-state index in [2.05, 4.69) is 25.2 Å². The lowest BCUT2D eigenvalue weighted by molar-refractivity contribution is 0.407. The Morgan fingerprint density at radius 1 is 1.42 bits per heavy atom. The molecule has 0 radical (unpaired) electrons. The molecule has 2 rings (SSSR count). The fourth-order valence-corrected chi connectivity index (χ4v) is 3.83. The van der Waals surface area contributed by atoms with Gasteiger partial charge in [-0.3, -0.25) is 0 Å². The summed E-state index contributed by atoms with van der Waals surface area (Å²) in [6, 6.07) is 6.30. The minimum Gasteiger partial charge on any atom is -0.307 e. The molecule has 0 aliphatic carbocycles. The number of halogens is 1. The van der Waals surface area contributed by atoms with Crippen molar-refractivity contribution in [3.8, 4) is 0 Å². The molecule has 0 spiro atoms. The van der Waals surface area contributed by atoms with Crippen LogP contribution in [0.25, 0.3) is 0 Å². The summed E-state index contributed by atoms with van der Waals surface area (Å²) in [7, 11) is 0. The third-order valence-corrected chi connectivity index (χ3v) is 4.91. The molecule has 2 atom stereocenters. The smallest absolute Gasteiger partial charge is 0.137 e. The van der Waals surface area contributed by atoms with E-state index < -0.39 is 0 Å². The quantitative estimate of drug-likeness (QED) is 0.743. The first-order valence-electron chi connectivity index (χ1n) is 7.39. The lowest BCUT2D eigenvalue weighted by Gasteiger charge is -2.29. The molecule has 0 aromatic heterocycles. The molecule has 1 N–H and O–H groups in total. The van der Waals surface area contributed by atoms with Crippen LogP contribution in [-0.2, 0) is 0 Å². The van der Waals surface area contributed by atoms with Gasteiger partial charge in [0.1, 0.15) is 5.82 Å². The molecule has 106 valence electrons. The highest BCUT2D eigenvalue weighted by Crippen LogP contribution is 2.38. The lowest BCUT2D eigenvalue weighted by Crippen LogP contribution is -2.32. The van der Waals surface area contributed by atoms with E-state index in [0.717, 1.165) is 22.6 Å². The molecule has 3 heteroatoms. The van der Waals surface area contributed by atoms with Gasteiger partial charge < -0.3 is 5.32 Å². The van der Waals surface area contributed by atoms with Crippen molar-refractivity contribution >= 4 is 11.8 Å². The van der Waals surface area contributed by atoms with Crippen LogP contribution < -0.4 is 5.32 Å². The zero-order valence-electron chi connectivity index (χ0n) is 11.9. The van der Waals surface area contributed by atoms with E-state index in [0.29, 0.717) is 12.1 Å². The van der Waals surface area contributed by atoms with Gasteiger partial charge in [-0.2, -0.15) is 0 Å². The Labute approximate surface area is 120 Å². The van der Waals surface area contributed by atoms with Crippen LogP contribution in [0.5, 0.6) is 0 Å². The predicted molar refractivity (Wildman–Crippen MR) is 81.2 cm³/mol. The number of unbranched alkanes of at least 4 members (excludes halogenated alkanes) is 2. The second kappa shape index (κ2) is 7.30. The van der Waals surface area contributed by atoms with Crippen molar-refractivity contribution in [3.63, 3.8) is 0 Å². The molecule has 1 aromatic rings. The molecule has 1 heterocycles. The Balaban J connectivity index is 1.97. The maximum atomic E-state index is 13.8. The highest BCUT2D eigenvalue weighted by molar-refractivity contribution is 7.99. The largest absolute Gasteiger partial charge is 0.307 e. The average Bonchev–Trinajstić information content (AvgIpc) is 2.40. The highest BCUT2D eigenvalue weighted by atomic mass is 32.2. The SMILES string of the molecule is CCCCCC(C)NC1CCSc2c(F)cccc21. The van der Waals surface area contributed by atoms with E-state index in [1.54, 1.807) is 17.8 Å². The summed E-state index contributed by atoms with van der Waals surface area (Å²) in [5.74, 6) is 0.945. The standard InChI is InChI=1S/C16H24FNS/c1-3-4-5-7-12(2)18-15-10-11-19-16-13(15)8-6-9-14(16)17/h6,8-9,12,15,18H,3-5,7,10-11H2,1-2H3. The third-order valence-electron chi connectivity index (χ3n) is 3.75. The van der Waals surface area contributed by atoms with Gasteiger partial charge in [-0.25, -0.2) is 4.39 Å². The molecule has 1 nitrogen and oxygen atoms in total. The first-order valence-corrected chi connectivity index (χ1v) is 8.38. The van der Waals surface area contributed by atoms with Gasteiger partial charge in [0.25, 0.3) is 0 Å². The van der Waals surface area contributed by atoms with Crippen LogP contribution >= 0.6 is 11.8 Å². The second-order valence-corrected chi connectivity index (χ2v) is 6.52. The summed E-state index contributed by atoms with van der Waals surface area (Å²) < 4.78 is 13.8. The maximum Gasteiger partial charge on any atom is 0.137 e. The lowest BCUT2D eigenvalue weighted by atomic mass is 10.0. The number of fused-ring (bicyclic) bond motifs is 1. The van der Waals surface area contributed by atoms with Gasteiger partial charge in [0.15, 0.2) is 0 Å². The van der Waals surface area contributed by atoms with E-state index in [4.69, 9.17) is 0 Å². The summed E-state index contributed by atoms with van der Waals surface area (Å²) in [6.07, 6.45) is 6.15. The van der Waals surface area contributed by atoms with Crippen LogP contribution in [0.3, 0.4) is 0 Å². The van der Waals surface area contributed by atoms with E-state index in [1.165, 1.54) is 25.7 Å². The topological polar surface area (TPSA) is 12.0 Å². The van der Waals surface area contributed by atoms with E-state index in [9.17, 15) is 4.39 Å². The zero-order chi connectivity index (χ0) is 13.7. The van der Waals surface area contributed by atoms with Crippen LogP contribution in [0.15, 0.2) is 23.1 Å². The molecular weight excluding hydrogens is 257 g/mol. The van der Waals surface area contributed by atoms with Crippen molar-refractivity contribution in [2.45, 2.75) is 62.9 Å². The molecule has 0 saturated carbocycles. The first kappa shape index (κ1) is 14.9. The first-order chi connectivity index (χ1) is 9.22. The van der Waals surface area contributed by atoms with E-state index in [-0.39, 0.29) is 5.82 Å². The Morgan fingerprint density at radius 3 is 3.05 bits per heavy atom. The zero-order valence-corrected chi connectivity index (χ0v) is 12.7. The van der Waals surface area contributed by atoms with Crippen molar-refractivity contribution in [3.05, 3.63) is 29.6 Å². The molecular formula is C16H24FNS. The van der Waals surface area contributed by atoms with Gasteiger partial charge in [-0.1, -0.05) is 38.3 Å². The van der Waals surface area contributed by atoms with Crippen molar-refractivity contribution in [2.24, 2.45) is 0 Å². The Morgan fingerprint density at radius 2 is 2.26 bits per heavy atom. The third kappa shape index (κ3) is 3.96. The molecule has 1 aliphatic heterocycles. The van der Waals surface area contributed by atoms with E-state index in [1.807, 2.05) is 6.07 Å². The highest BCUT2D eigenvalue weighted by Gasteiger charge is 2.23. The monoisotopic (exact) mass is 281 g/mol. The van der Waals surface area contributed by atoms with Gasteiger partial charge in [-0.15, -0.1) is 11.8 Å². The van der Waals surface area contributed by atoms with Crippen molar-refractivity contribution < 1.29 is 4.39 Å². The van der Waals surface area contributed by atoms with E-state index >= 15 is 0 Å². The maximum absolute atomic E-state index is 13.8. The molecule has 2 unspecified atom stereocenters. The Bertz CT molecular complexity index is 408. The Hall–Kier alpha value is -0.540. The Kier molecular flexibility index (Phi) is 5.71. The summed E-state index contributed by atoms with van der Waals surface area (Å²) in [5, 5.41) is 3.68. The normalized spacial score (nSPS) is 20.1. The molecule has 0 bridgehead atoms. The van der Waals surface area contributed by atoms with Gasteiger partial charge >= 0.3 is 0 Å². The van der Waals surface area contributed by atoms with Crippen LogP contribution in [0.1, 0.15) is 57.6 Å². The van der Waals surface area contributed by atoms with Crippen LogP contribution in [0.2, 0.25) is 0 Å². The molecule has 0 fully saturated rings. The molecule has 19 heavy (non-hydrogen) atoms. The van der Waals surface area contributed by atoms with Crippen LogP contribution in [0.4, 0.5) is 4.39 Å². The van der Waals surface area contributed by atoms with Crippen molar-refractivity contribution in [1.29, 1.82) is 0 Å². The number of thioether (sulfide) groups is 1. The summed E-state index contributed by atoms with van der Waals surface area (Å²) in [4.78, 5) is 0.854. The second-order valence-electron chi connectivity index (χ2n) is 5.41. The summed E-state index contributed by atoms with van der Waals surface area (Å²) in [6.45, 7) is 4.48. The number of rotatable bonds is 6. The summed E-state index contributed by atoms with van der Waals surface area (Å²) in [5.41, 5.74) is 1.15. The van der Waals surface area contributed by atoms with Crippen LogP contribution in [0, 0.1) is 5.82 Å². The van der Waals surface area contributed by atoms with Gasteiger partial charge in [0.2, 0.25) is 0 Å². The van der Waals surface area contributed by atoms with Crippen molar-refractivity contribution in [2.75, 3.05) is 5.75 Å². The van der Waals surface area contributed by atoms with Gasteiger partial charge in [-0.05, 0) is 37.1 Å². The average molecular weight is 281 g/mol. The molecule has 1 aromatic carbocycles. The number of nitrogens with one attached hydrogen (secondary N) is 1. The molecule has 1 aliphatic rings.